The first kappa shape index (κ1) is 23.9. The molecule has 0 atom stereocenters. The molecule has 2 heterocycles. The van der Waals surface area contributed by atoms with Gasteiger partial charge in [-0.25, -0.2) is 13.2 Å². The number of nitrogens with zero attached hydrogens (tertiary/aromatic N) is 2. The van der Waals surface area contributed by atoms with Crippen LogP contribution in [0.3, 0.4) is 0 Å². The number of halogens is 3. The molecule has 1 aliphatic rings. The van der Waals surface area contributed by atoms with Crippen LogP contribution in [0.5, 0.6) is 5.75 Å². The number of amides is 2. The molecule has 0 fully saturated rings. The zero-order valence-corrected chi connectivity index (χ0v) is 17.2. The number of likely N-dealkylation sites (N-methyl/N-ethyl adjacent to an activating group) is 1. The third-order valence-corrected chi connectivity index (χ3v) is 4.51. The molecule has 0 aliphatic carbocycles. The number of ether oxygens (including phenoxy) is 1. The van der Waals surface area contributed by atoms with E-state index in [1.165, 1.54) is 9.47 Å². The van der Waals surface area contributed by atoms with Gasteiger partial charge in [0.2, 0.25) is 5.43 Å². The summed E-state index contributed by atoms with van der Waals surface area (Å²) in [7, 11) is 3.25. The minimum absolute atomic E-state index is 0.217. The van der Waals surface area contributed by atoms with E-state index in [2.05, 4.69) is 10.1 Å². The van der Waals surface area contributed by atoms with Crippen LogP contribution in [0.25, 0.3) is 0 Å². The monoisotopic (exact) mass is 441 g/mol. The van der Waals surface area contributed by atoms with E-state index in [1.54, 1.807) is 21.1 Å². The van der Waals surface area contributed by atoms with E-state index in [9.17, 15) is 32.7 Å². The van der Waals surface area contributed by atoms with E-state index in [4.69, 9.17) is 0 Å². The van der Waals surface area contributed by atoms with Crippen molar-refractivity contribution in [2.24, 2.45) is 0 Å². The molecule has 3 rings (SSSR count). The number of hydrogen-bond donors (Lipinski definition) is 2. The summed E-state index contributed by atoms with van der Waals surface area (Å²) in [5.41, 5.74) is -2.35. The fourth-order valence-electron chi connectivity index (χ4n) is 3.00. The Hall–Kier alpha value is -3.34. The van der Waals surface area contributed by atoms with E-state index in [0.717, 1.165) is 6.20 Å². The topological polar surface area (TPSA) is 101 Å². The SMILES string of the molecule is CCN1CCn2cc(C(=O)NCc3c(F)cc(F)cc3F)c(=O)c(O)c2C1=O.COC. The predicted octanol–water partition coefficient (Wildman–Crippen LogP) is 1.64. The lowest BCUT2D eigenvalue weighted by atomic mass is 10.1. The number of rotatable bonds is 4. The summed E-state index contributed by atoms with van der Waals surface area (Å²) in [4.78, 5) is 38.4. The van der Waals surface area contributed by atoms with Crippen LogP contribution in [0, 0.1) is 17.5 Å². The highest BCUT2D eigenvalue weighted by molar-refractivity contribution is 5.99. The molecule has 0 bridgehead atoms. The number of fused-ring (bicyclic) bond motifs is 1. The van der Waals surface area contributed by atoms with Crippen LogP contribution >= 0.6 is 0 Å². The normalized spacial score (nSPS) is 12.7. The Morgan fingerprint density at radius 2 is 1.74 bits per heavy atom. The summed E-state index contributed by atoms with van der Waals surface area (Å²) in [5, 5.41) is 12.3. The van der Waals surface area contributed by atoms with Crippen LogP contribution in [0.15, 0.2) is 23.1 Å². The summed E-state index contributed by atoms with van der Waals surface area (Å²) < 4.78 is 45.8. The molecule has 0 saturated heterocycles. The van der Waals surface area contributed by atoms with Crippen LogP contribution in [0.4, 0.5) is 13.2 Å². The lowest BCUT2D eigenvalue weighted by Crippen LogP contribution is -2.42. The summed E-state index contributed by atoms with van der Waals surface area (Å²) >= 11 is 0. The van der Waals surface area contributed by atoms with Crippen LogP contribution in [-0.2, 0) is 17.8 Å². The van der Waals surface area contributed by atoms with Crippen molar-refractivity contribution in [1.29, 1.82) is 0 Å². The maximum Gasteiger partial charge on any atom is 0.274 e. The van der Waals surface area contributed by atoms with Crippen molar-refractivity contribution in [3.63, 3.8) is 0 Å². The average molecular weight is 441 g/mol. The van der Waals surface area contributed by atoms with Gasteiger partial charge in [0, 0.05) is 64.3 Å². The Morgan fingerprint density at radius 3 is 2.29 bits per heavy atom. The molecule has 2 aromatic rings. The maximum atomic E-state index is 13.7. The molecule has 168 valence electrons. The van der Waals surface area contributed by atoms with Crippen molar-refractivity contribution in [2.45, 2.75) is 20.0 Å². The highest BCUT2D eigenvalue weighted by Crippen LogP contribution is 2.20. The average Bonchev–Trinajstić information content (AvgIpc) is 2.70. The third kappa shape index (κ3) is 5.05. The lowest BCUT2D eigenvalue weighted by Gasteiger charge is -2.29. The zero-order chi connectivity index (χ0) is 23.3. The number of aromatic nitrogens is 1. The third-order valence-electron chi connectivity index (χ3n) is 4.51. The second-order valence-electron chi connectivity index (χ2n) is 6.59. The summed E-state index contributed by atoms with van der Waals surface area (Å²) in [6.07, 6.45) is 1.12. The van der Waals surface area contributed by atoms with E-state index >= 15 is 0 Å². The highest BCUT2D eigenvalue weighted by atomic mass is 19.1. The first-order chi connectivity index (χ1) is 14.7. The van der Waals surface area contributed by atoms with Crippen LogP contribution in [0.2, 0.25) is 0 Å². The Labute approximate surface area is 175 Å². The first-order valence-electron chi connectivity index (χ1n) is 9.23. The Bertz CT molecular complexity index is 1030. The second kappa shape index (κ2) is 10.1. The van der Waals surface area contributed by atoms with Crippen LogP contribution in [0.1, 0.15) is 33.3 Å². The maximum absolute atomic E-state index is 13.7. The summed E-state index contributed by atoms with van der Waals surface area (Å²) in [5.74, 6) is -5.88. The number of hydrogen-bond acceptors (Lipinski definition) is 5. The van der Waals surface area contributed by atoms with Crippen molar-refractivity contribution in [3.8, 4) is 5.75 Å². The number of benzene rings is 1. The smallest absolute Gasteiger partial charge is 0.274 e. The van der Waals surface area contributed by atoms with E-state index in [-0.39, 0.29) is 12.2 Å². The fourth-order valence-corrected chi connectivity index (χ4v) is 3.00. The van der Waals surface area contributed by atoms with Gasteiger partial charge in [-0.2, -0.15) is 0 Å². The Balaban J connectivity index is 0.00000107. The second-order valence-corrected chi connectivity index (χ2v) is 6.59. The Kier molecular flexibility index (Phi) is 7.81. The fraction of sp³-hybridized carbons (Fsp3) is 0.350. The van der Waals surface area contributed by atoms with Gasteiger partial charge in [-0.1, -0.05) is 0 Å². The van der Waals surface area contributed by atoms with E-state index < -0.39 is 58.1 Å². The zero-order valence-electron chi connectivity index (χ0n) is 17.2. The van der Waals surface area contributed by atoms with E-state index in [0.29, 0.717) is 25.2 Å². The first-order valence-corrected chi connectivity index (χ1v) is 9.23. The van der Waals surface area contributed by atoms with Gasteiger partial charge in [-0.15, -0.1) is 0 Å². The largest absolute Gasteiger partial charge is 0.503 e. The molecule has 11 heteroatoms. The van der Waals surface area contributed by atoms with Gasteiger partial charge in [-0.3, -0.25) is 14.4 Å². The van der Waals surface area contributed by atoms with Gasteiger partial charge < -0.3 is 24.6 Å². The van der Waals surface area contributed by atoms with Gasteiger partial charge in [0.15, 0.2) is 11.4 Å². The molecule has 0 saturated carbocycles. The number of carbonyl (C=O) groups is 2. The van der Waals surface area contributed by atoms with Gasteiger partial charge >= 0.3 is 0 Å². The van der Waals surface area contributed by atoms with Gasteiger partial charge in [-0.05, 0) is 6.92 Å². The molecule has 1 aromatic carbocycles. The molecule has 8 nitrogen and oxygen atoms in total. The van der Waals surface area contributed by atoms with E-state index in [1.807, 2.05) is 0 Å². The molecule has 1 aliphatic heterocycles. The van der Waals surface area contributed by atoms with Crippen molar-refractivity contribution >= 4 is 11.8 Å². The molecular weight excluding hydrogens is 419 g/mol. The summed E-state index contributed by atoms with van der Waals surface area (Å²) in [6.45, 7) is 2.09. The number of methoxy groups -OCH3 is 1. The van der Waals surface area contributed by atoms with Gasteiger partial charge in [0.05, 0.1) is 0 Å². The minimum atomic E-state index is -1.19. The molecule has 2 amide bonds. The van der Waals surface area contributed by atoms with Crippen LogP contribution < -0.4 is 10.7 Å². The molecule has 1 aromatic heterocycles. The van der Waals surface area contributed by atoms with Crippen molar-refractivity contribution in [1.82, 2.24) is 14.8 Å². The molecule has 0 spiro atoms. The number of nitrogens with one attached hydrogen (secondary N) is 1. The van der Waals surface area contributed by atoms with Crippen LogP contribution in [-0.4, -0.2) is 53.7 Å². The molecule has 0 unspecified atom stereocenters. The summed E-state index contributed by atoms with van der Waals surface area (Å²) in [6, 6.07) is 0.935. The lowest BCUT2D eigenvalue weighted by molar-refractivity contribution is 0.0705. The highest BCUT2D eigenvalue weighted by Gasteiger charge is 2.30. The molecule has 2 N–H and O–H groups in total. The molecular formula is C20H22F3N3O5. The van der Waals surface area contributed by atoms with Gasteiger partial charge in [0.1, 0.15) is 23.0 Å². The number of carbonyl (C=O) groups excluding carboxylic acids is 2. The standard InChI is InChI=1S/C18H16F3N3O4.C2H6O/c1-2-23-3-4-24-8-11(15(25)16(26)14(24)18(23)28)17(27)22-7-10-12(20)5-9(19)6-13(10)21;1-3-2/h5-6,8,26H,2-4,7H2,1H3,(H,22,27);1-2H3. The number of pyridine rings is 1. The predicted molar refractivity (Wildman–Crippen MR) is 104 cm³/mol. The molecule has 0 radical (unpaired) electrons. The number of aromatic hydroxyl groups is 1. The van der Waals surface area contributed by atoms with Gasteiger partial charge in [0.25, 0.3) is 11.8 Å². The van der Waals surface area contributed by atoms with Crippen molar-refractivity contribution < 1.29 is 32.6 Å². The quantitative estimate of drug-likeness (QED) is 0.752. The van der Waals surface area contributed by atoms with Crippen molar-refractivity contribution in [2.75, 3.05) is 27.3 Å². The van der Waals surface area contributed by atoms with Crippen molar-refractivity contribution in [3.05, 3.63) is 62.8 Å². The minimum Gasteiger partial charge on any atom is -0.503 e. The Morgan fingerprint density at radius 1 is 1.16 bits per heavy atom. The molecule has 31 heavy (non-hydrogen) atoms.